The summed E-state index contributed by atoms with van der Waals surface area (Å²) in [6, 6.07) is 9.66. The molecule has 7 nitrogen and oxygen atoms in total. The van der Waals surface area contributed by atoms with Crippen LogP contribution < -0.4 is 5.56 Å². The highest BCUT2D eigenvalue weighted by atomic mass is 16.6. The summed E-state index contributed by atoms with van der Waals surface area (Å²) in [4.78, 5) is 41.7. The number of esters is 2. The molecule has 0 N–H and O–H groups in total. The number of pyridine rings is 2. The predicted octanol–water partition coefficient (Wildman–Crippen LogP) is 2.65. The van der Waals surface area contributed by atoms with Crippen molar-refractivity contribution in [3.63, 3.8) is 0 Å². The van der Waals surface area contributed by atoms with Gasteiger partial charge in [-0.1, -0.05) is 25.1 Å². The summed E-state index contributed by atoms with van der Waals surface area (Å²) in [5.41, 5.74) is 4.89. The van der Waals surface area contributed by atoms with Gasteiger partial charge in [0.1, 0.15) is 6.61 Å². The molecule has 1 aromatic carbocycles. The first-order valence-electron chi connectivity index (χ1n) is 9.51. The van der Waals surface area contributed by atoms with Gasteiger partial charge in [0.25, 0.3) is 5.56 Å². The first-order valence-corrected chi connectivity index (χ1v) is 9.51. The van der Waals surface area contributed by atoms with Gasteiger partial charge in [-0.15, -0.1) is 0 Å². The molecule has 1 atom stereocenters. The molecule has 0 bridgehead atoms. The molecule has 0 fully saturated rings. The Hall–Kier alpha value is -3.48. The van der Waals surface area contributed by atoms with Gasteiger partial charge in [0.2, 0.25) is 6.10 Å². The lowest BCUT2D eigenvalue weighted by Gasteiger charge is -2.24. The Kier molecular flexibility index (Phi) is 3.81. The summed E-state index contributed by atoms with van der Waals surface area (Å²) in [5.74, 6) is -1.28. The van der Waals surface area contributed by atoms with Crippen molar-refractivity contribution in [2.75, 3.05) is 0 Å². The maximum absolute atomic E-state index is 13.2. The Morgan fingerprint density at radius 3 is 2.83 bits per heavy atom. The molecule has 0 unspecified atom stereocenters. The minimum atomic E-state index is -1.23. The highest BCUT2D eigenvalue weighted by Gasteiger charge is 2.37. The van der Waals surface area contributed by atoms with E-state index in [1.54, 1.807) is 10.6 Å². The molecule has 0 amide bonds. The van der Waals surface area contributed by atoms with Gasteiger partial charge in [0, 0.05) is 23.4 Å². The van der Waals surface area contributed by atoms with Gasteiger partial charge in [-0.25, -0.2) is 9.78 Å². The van der Waals surface area contributed by atoms with Crippen LogP contribution in [0.15, 0.2) is 35.1 Å². The van der Waals surface area contributed by atoms with Gasteiger partial charge in [0.05, 0.1) is 29.0 Å². The summed E-state index contributed by atoms with van der Waals surface area (Å²) in [6.07, 6.45) is -0.420. The van der Waals surface area contributed by atoms with Crippen molar-refractivity contribution in [2.24, 2.45) is 0 Å². The number of ether oxygens (including phenoxy) is 2. The number of para-hydroxylation sites is 1. The van der Waals surface area contributed by atoms with Crippen LogP contribution >= 0.6 is 0 Å². The molecule has 0 spiro atoms. The molecule has 3 aromatic rings. The summed E-state index contributed by atoms with van der Waals surface area (Å²) >= 11 is 0. The largest absolute Gasteiger partial charge is 0.458 e. The van der Waals surface area contributed by atoms with Crippen LogP contribution in [0.1, 0.15) is 42.2 Å². The summed E-state index contributed by atoms with van der Waals surface area (Å²) in [7, 11) is 0. The van der Waals surface area contributed by atoms with E-state index in [1.807, 2.05) is 24.3 Å². The van der Waals surface area contributed by atoms with Crippen LogP contribution in [0, 0.1) is 0 Å². The van der Waals surface area contributed by atoms with Gasteiger partial charge in [0.15, 0.2) is 0 Å². The molecule has 2 aromatic heterocycles. The van der Waals surface area contributed by atoms with Crippen molar-refractivity contribution in [1.82, 2.24) is 9.55 Å². The SMILES string of the molecule is CCc1c2c(nc3ccccc13)-c1cc3c(c(=O)n1C2)COC(=O)[C@H]3OC(C)=O. The maximum Gasteiger partial charge on any atom is 0.352 e. The third-order valence-corrected chi connectivity index (χ3v) is 5.60. The van der Waals surface area contributed by atoms with Crippen LogP contribution in [0.25, 0.3) is 22.3 Å². The molecule has 0 aliphatic carbocycles. The first-order chi connectivity index (χ1) is 14.0. The second kappa shape index (κ2) is 6.27. The van der Waals surface area contributed by atoms with Crippen molar-refractivity contribution in [3.05, 3.63) is 62.9 Å². The fourth-order valence-corrected chi connectivity index (χ4v) is 4.33. The van der Waals surface area contributed by atoms with E-state index in [0.717, 1.165) is 34.1 Å². The molecule has 146 valence electrons. The van der Waals surface area contributed by atoms with Crippen molar-refractivity contribution >= 4 is 22.8 Å². The molecule has 2 aliphatic rings. The highest BCUT2D eigenvalue weighted by molar-refractivity contribution is 5.88. The number of nitrogens with zero attached hydrogens (tertiary/aromatic N) is 2. The Bertz CT molecular complexity index is 1270. The van der Waals surface area contributed by atoms with E-state index in [0.29, 0.717) is 23.4 Å². The lowest BCUT2D eigenvalue weighted by atomic mass is 9.97. The van der Waals surface area contributed by atoms with Crippen molar-refractivity contribution in [3.8, 4) is 11.4 Å². The average Bonchev–Trinajstić information content (AvgIpc) is 3.07. The highest BCUT2D eigenvalue weighted by Crippen LogP contribution is 2.38. The van der Waals surface area contributed by atoms with Gasteiger partial charge in [-0.3, -0.25) is 9.59 Å². The number of cyclic esters (lactones) is 1. The number of carbonyl (C=O) groups is 2. The van der Waals surface area contributed by atoms with Gasteiger partial charge < -0.3 is 14.0 Å². The number of rotatable bonds is 2. The standard InChI is InChI=1S/C22H18N2O5/c1-3-12-13-6-4-5-7-17(13)23-19-15(12)9-24-18(19)8-14-16(21(24)26)10-28-22(27)20(14)29-11(2)25/h4-8,20H,3,9-10H2,1-2H3/t20-/m0/s1. The maximum atomic E-state index is 13.2. The molecule has 0 saturated heterocycles. The molecule has 2 aliphatic heterocycles. The molecule has 4 heterocycles. The Balaban J connectivity index is 1.78. The quantitative estimate of drug-likeness (QED) is 0.489. The van der Waals surface area contributed by atoms with Crippen LogP contribution in [-0.4, -0.2) is 21.5 Å². The molecule has 0 saturated carbocycles. The normalized spacial score (nSPS) is 16.8. The van der Waals surface area contributed by atoms with Crippen LogP contribution in [0.4, 0.5) is 0 Å². The number of aromatic nitrogens is 2. The van der Waals surface area contributed by atoms with Gasteiger partial charge in [-0.2, -0.15) is 0 Å². The monoisotopic (exact) mass is 390 g/mol. The zero-order valence-electron chi connectivity index (χ0n) is 16.0. The van der Waals surface area contributed by atoms with E-state index >= 15 is 0 Å². The van der Waals surface area contributed by atoms with E-state index in [4.69, 9.17) is 14.5 Å². The minimum absolute atomic E-state index is 0.128. The second-order valence-corrected chi connectivity index (χ2v) is 7.24. The smallest absolute Gasteiger partial charge is 0.352 e. The van der Waals surface area contributed by atoms with Crippen LogP contribution in [0.3, 0.4) is 0 Å². The van der Waals surface area contributed by atoms with Crippen LogP contribution in [0.5, 0.6) is 0 Å². The van der Waals surface area contributed by atoms with Gasteiger partial charge >= 0.3 is 11.9 Å². The summed E-state index contributed by atoms with van der Waals surface area (Å²) in [6.45, 7) is 3.60. The fraction of sp³-hybridized carbons (Fsp3) is 0.273. The zero-order chi connectivity index (χ0) is 20.3. The number of aryl methyl sites for hydroxylation is 1. The Morgan fingerprint density at radius 2 is 2.07 bits per heavy atom. The first kappa shape index (κ1) is 17.6. The number of carbonyl (C=O) groups excluding carboxylic acids is 2. The lowest BCUT2D eigenvalue weighted by Crippen LogP contribution is -2.34. The van der Waals surface area contributed by atoms with E-state index < -0.39 is 18.0 Å². The number of fused-ring (bicyclic) bond motifs is 5. The van der Waals surface area contributed by atoms with Crippen LogP contribution in [-0.2, 0) is 38.6 Å². The van der Waals surface area contributed by atoms with Crippen molar-refractivity contribution in [2.45, 2.75) is 39.5 Å². The van der Waals surface area contributed by atoms with Crippen molar-refractivity contribution < 1.29 is 19.1 Å². The average molecular weight is 390 g/mol. The molecule has 7 heteroatoms. The Morgan fingerprint density at radius 1 is 1.28 bits per heavy atom. The topological polar surface area (TPSA) is 87.5 Å². The number of hydrogen-bond donors (Lipinski definition) is 0. The molecule has 0 radical (unpaired) electrons. The lowest BCUT2D eigenvalue weighted by molar-refractivity contribution is -0.170. The minimum Gasteiger partial charge on any atom is -0.458 e. The molecular weight excluding hydrogens is 372 g/mol. The van der Waals surface area contributed by atoms with E-state index in [9.17, 15) is 14.4 Å². The Labute approximate surface area is 165 Å². The van der Waals surface area contributed by atoms with Crippen molar-refractivity contribution in [1.29, 1.82) is 0 Å². The molecule has 29 heavy (non-hydrogen) atoms. The zero-order valence-corrected chi connectivity index (χ0v) is 16.0. The predicted molar refractivity (Wildman–Crippen MR) is 104 cm³/mol. The molecule has 5 rings (SSSR count). The van der Waals surface area contributed by atoms with Crippen LogP contribution in [0.2, 0.25) is 0 Å². The van der Waals surface area contributed by atoms with E-state index in [-0.39, 0.29) is 12.2 Å². The van der Waals surface area contributed by atoms with E-state index in [1.165, 1.54) is 6.92 Å². The second-order valence-electron chi connectivity index (χ2n) is 7.24. The third kappa shape index (κ3) is 2.50. The van der Waals surface area contributed by atoms with E-state index in [2.05, 4.69) is 6.92 Å². The van der Waals surface area contributed by atoms with Gasteiger partial charge in [-0.05, 0) is 24.1 Å². The fourth-order valence-electron chi connectivity index (χ4n) is 4.33. The number of hydrogen-bond acceptors (Lipinski definition) is 6. The summed E-state index contributed by atoms with van der Waals surface area (Å²) in [5, 5.41) is 1.08. The third-order valence-electron chi connectivity index (χ3n) is 5.60. The molecular formula is C22H18N2O5. The number of benzene rings is 1. The summed E-state index contributed by atoms with van der Waals surface area (Å²) < 4.78 is 11.9.